The van der Waals surface area contributed by atoms with Crippen molar-refractivity contribution in [1.82, 2.24) is 4.90 Å². The largest absolute Gasteiger partial charge is 0.445 e. The molecule has 0 aromatic heterocycles. The molecule has 158 valence electrons. The van der Waals surface area contributed by atoms with Gasteiger partial charge in [-0.25, -0.2) is 4.79 Å². The Morgan fingerprint density at radius 1 is 0.839 bits per heavy atom. The lowest BCUT2D eigenvalue weighted by molar-refractivity contribution is -0.384. The first kappa shape index (κ1) is 21.7. The van der Waals surface area contributed by atoms with Crippen LogP contribution in [0.4, 0.5) is 10.5 Å². The third-order valence-corrected chi connectivity index (χ3v) is 4.69. The van der Waals surface area contributed by atoms with Gasteiger partial charge in [0.15, 0.2) is 5.78 Å². The monoisotopic (exact) mass is 418 g/mol. The molecule has 0 atom stereocenters. The summed E-state index contributed by atoms with van der Waals surface area (Å²) < 4.78 is 5.44. The summed E-state index contributed by atoms with van der Waals surface area (Å²) in [5, 5.41) is 10.8. The lowest BCUT2D eigenvalue weighted by Gasteiger charge is -2.22. The molecule has 0 aliphatic carbocycles. The highest BCUT2D eigenvalue weighted by Crippen LogP contribution is 2.15. The maximum atomic E-state index is 12.7. The molecule has 0 aliphatic heterocycles. The van der Waals surface area contributed by atoms with Crippen molar-refractivity contribution in [3.63, 3.8) is 0 Å². The topological polar surface area (TPSA) is 89.8 Å². The molecular weight excluding hydrogens is 396 g/mol. The number of ether oxygens (including phenoxy) is 1. The molecule has 7 heteroatoms. The van der Waals surface area contributed by atoms with Crippen LogP contribution in [0, 0.1) is 10.1 Å². The van der Waals surface area contributed by atoms with Crippen LogP contribution >= 0.6 is 0 Å². The Morgan fingerprint density at radius 3 is 2.00 bits per heavy atom. The maximum Gasteiger partial charge on any atom is 0.410 e. The molecular formula is C24H22N2O5. The van der Waals surface area contributed by atoms with E-state index in [0.29, 0.717) is 12.1 Å². The molecule has 1 amide bonds. The summed E-state index contributed by atoms with van der Waals surface area (Å²) in [6.45, 7) is 0.613. The van der Waals surface area contributed by atoms with Gasteiger partial charge in [-0.1, -0.05) is 60.7 Å². The number of benzene rings is 3. The minimum atomic E-state index is -0.515. The number of hydrogen-bond donors (Lipinski definition) is 0. The number of Topliss-reactive ketones (excluding diaryl/α,β-unsaturated/α-hetero) is 1. The van der Waals surface area contributed by atoms with Gasteiger partial charge in [-0.15, -0.1) is 0 Å². The first-order valence-electron chi connectivity index (χ1n) is 9.80. The molecule has 0 N–H and O–H groups in total. The number of hydrogen-bond acceptors (Lipinski definition) is 5. The van der Waals surface area contributed by atoms with Gasteiger partial charge < -0.3 is 9.64 Å². The Labute approximate surface area is 180 Å². The number of nitrogens with zero attached hydrogens (tertiary/aromatic N) is 2. The summed E-state index contributed by atoms with van der Waals surface area (Å²) in [7, 11) is 0. The summed E-state index contributed by atoms with van der Waals surface area (Å²) in [6.07, 6.45) is -0.436. The van der Waals surface area contributed by atoms with Crippen molar-refractivity contribution in [3.8, 4) is 0 Å². The van der Waals surface area contributed by atoms with E-state index < -0.39 is 11.0 Å². The predicted molar refractivity (Wildman–Crippen MR) is 116 cm³/mol. The van der Waals surface area contributed by atoms with Crippen molar-refractivity contribution in [2.24, 2.45) is 0 Å². The first-order chi connectivity index (χ1) is 15.0. The van der Waals surface area contributed by atoms with E-state index >= 15 is 0 Å². The number of rotatable bonds is 9. The molecule has 0 aliphatic rings. The van der Waals surface area contributed by atoms with E-state index in [9.17, 15) is 19.7 Å². The minimum Gasteiger partial charge on any atom is -0.445 e. The number of nitro benzene ring substituents is 1. The van der Waals surface area contributed by atoms with Gasteiger partial charge in [0.2, 0.25) is 0 Å². The van der Waals surface area contributed by atoms with Crippen LogP contribution in [0.25, 0.3) is 0 Å². The van der Waals surface area contributed by atoms with Crippen LogP contribution in [0.3, 0.4) is 0 Å². The van der Waals surface area contributed by atoms with Crippen LogP contribution < -0.4 is 0 Å². The number of amides is 1. The molecule has 0 radical (unpaired) electrons. The van der Waals surface area contributed by atoms with Gasteiger partial charge in [-0.3, -0.25) is 14.9 Å². The summed E-state index contributed by atoms with van der Waals surface area (Å²) in [6, 6.07) is 24.2. The number of non-ortho nitro benzene ring substituents is 1. The van der Waals surface area contributed by atoms with Gasteiger partial charge in [-0.2, -0.15) is 0 Å². The van der Waals surface area contributed by atoms with Crippen LogP contribution in [0.5, 0.6) is 0 Å². The standard InChI is InChI=1S/C24H22N2O5/c27-23(21-11-13-22(14-12-21)26(29)30)15-16-25(17-19-7-3-1-4-8-19)24(28)31-18-20-9-5-2-6-10-20/h1-14H,15-18H2. The van der Waals surface area contributed by atoms with E-state index in [0.717, 1.165) is 11.1 Å². The molecule has 3 aromatic rings. The Kier molecular flexibility index (Phi) is 7.48. The fraction of sp³-hybridized carbons (Fsp3) is 0.167. The second kappa shape index (κ2) is 10.7. The molecule has 0 unspecified atom stereocenters. The van der Waals surface area contributed by atoms with E-state index in [1.165, 1.54) is 29.2 Å². The molecule has 0 fully saturated rings. The number of carbonyl (C=O) groups is 2. The second-order valence-corrected chi connectivity index (χ2v) is 6.92. The third-order valence-electron chi connectivity index (χ3n) is 4.69. The van der Waals surface area contributed by atoms with Crippen LogP contribution in [0.2, 0.25) is 0 Å². The first-order valence-corrected chi connectivity index (χ1v) is 9.80. The number of nitro groups is 1. The van der Waals surface area contributed by atoms with E-state index in [1.807, 2.05) is 60.7 Å². The smallest absolute Gasteiger partial charge is 0.410 e. The fourth-order valence-electron chi connectivity index (χ4n) is 3.00. The Balaban J connectivity index is 1.64. The van der Waals surface area contributed by atoms with Gasteiger partial charge in [0.1, 0.15) is 6.61 Å². The number of ketones is 1. The molecule has 31 heavy (non-hydrogen) atoms. The quantitative estimate of drug-likeness (QED) is 0.277. The van der Waals surface area contributed by atoms with E-state index in [2.05, 4.69) is 0 Å². The summed E-state index contributed by atoms with van der Waals surface area (Å²) in [5.41, 5.74) is 2.08. The molecule has 0 spiro atoms. The van der Waals surface area contributed by atoms with Crippen molar-refractivity contribution in [1.29, 1.82) is 0 Å². The normalized spacial score (nSPS) is 10.3. The highest BCUT2D eigenvalue weighted by atomic mass is 16.6. The number of carbonyl (C=O) groups excluding carboxylic acids is 2. The third kappa shape index (κ3) is 6.50. The Bertz CT molecular complexity index is 1020. The summed E-state index contributed by atoms with van der Waals surface area (Å²) in [5.74, 6) is -0.205. The van der Waals surface area contributed by atoms with E-state index in [4.69, 9.17) is 4.74 Å². The van der Waals surface area contributed by atoms with Crippen molar-refractivity contribution < 1.29 is 19.2 Å². The molecule has 0 bridgehead atoms. The molecule has 3 rings (SSSR count). The lowest BCUT2D eigenvalue weighted by atomic mass is 10.1. The zero-order chi connectivity index (χ0) is 22.1. The Morgan fingerprint density at radius 2 is 1.42 bits per heavy atom. The SMILES string of the molecule is O=C(CCN(Cc1ccccc1)C(=O)OCc1ccccc1)c1ccc([N+](=O)[O-])cc1. The molecule has 0 saturated heterocycles. The van der Waals surface area contributed by atoms with Crippen molar-refractivity contribution >= 4 is 17.6 Å². The average molecular weight is 418 g/mol. The molecule has 0 heterocycles. The van der Waals surface area contributed by atoms with Gasteiger partial charge in [0.25, 0.3) is 5.69 Å². The summed E-state index contributed by atoms with van der Waals surface area (Å²) in [4.78, 5) is 37.0. The average Bonchev–Trinajstić information content (AvgIpc) is 2.81. The second-order valence-electron chi connectivity index (χ2n) is 6.92. The molecule has 7 nitrogen and oxygen atoms in total. The maximum absolute atomic E-state index is 12.7. The van der Waals surface area contributed by atoms with Crippen LogP contribution in [0.15, 0.2) is 84.9 Å². The van der Waals surface area contributed by atoms with Gasteiger partial charge in [0.05, 0.1) is 4.92 Å². The highest BCUT2D eigenvalue weighted by molar-refractivity contribution is 5.96. The van der Waals surface area contributed by atoms with Crippen LogP contribution in [-0.2, 0) is 17.9 Å². The van der Waals surface area contributed by atoms with E-state index in [-0.39, 0.29) is 31.0 Å². The van der Waals surface area contributed by atoms with Crippen LogP contribution in [0.1, 0.15) is 27.9 Å². The lowest BCUT2D eigenvalue weighted by Crippen LogP contribution is -2.33. The highest BCUT2D eigenvalue weighted by Gasteiger charge is 2.18. The van der Waals surface area contributed by atoms with Crippen molar-refractivity contribution in [2.75, 3.05) is 6.54 Å². The minimum absolute atomic E-state index is 0.0745. The van der Waals surface area contributed by atoms with Gasteiger partial charge >= 0.3 is 6.09 Å². The predicted octanol–water partition coefficient (Wildman–Crippen LogP) is 5.01. The van der Waals surface area contributed by atoms with E-state index in [1.54, 1.807) is 0 Å². The fourth-order valence-corrected chi connectivity index (χ4v) is 3.00. The zero-order valence-corrected chi connectivity index (χ0v) is 16.8. The van der Waals surface area contributed by atoms with Gasteiger partial charge in [0, 0.05) is 37.2 Å². The summed E-state index contributed by atoms with van der Waals surface area (Å²) >= 11 is 0. The molecule has 3 aromatic carbocycles. The molecule has 0 saturated carbocycles. The Hall–Kier alpha value is -4.00. The van der Waals surface area contributed by atoms with Crippen molar-refractivity contribution in [3.05, 3.63) is 112 Å². The van der Waals surface area contributed by atoms with Crippen LogP contribution in [-0.4, -0.2) is 28.2 Å². The van der Waals surface area contributed by atoms with Gasteiger partial charge in [-0.05, 0) is 23.3 Å². The zero-order valence-electron chi connectivity index (χ0n) is 16.8. The van der Waals surface area contributed by atoms with Crippen molar-refractivity contribution in [2.45, 2.75) is 19.6 Å².